The molecule has 0 unspecified atom stereocenters. The molecular formula is C17H18F2N4O3. The number of ether oxygens (including phenoxy) is 1. The first-order valence-corrected chi connectivity index (χ1v) is 7.98. The van der Waals surface area contributed by atoms with Crippen LogP contribution in [0.2, 0.25) is 0 Å². The van der Waals surface area contributed by atoms with E-state index in [1.54, 1.807) is 12.4 Å². The summed E-state index contributed by atoms with van der Waals surface area (Å²) in [6.45, 7) is 1.28. The molecule has 0 aliphatic carbocycles. The van der Waals surface area contributed by atoms with Gasteiger partial charge in [0, 0.05) is 38.5 Å². The first-order valence-electron chi connectivity index (χ1n) is 7.98. The Morgan fingerprint density at radius 1 is 1.31 bits per heavy atom. The van der Waals surface area contributed by atoms with Gasteiger partial charge in [-0.25, -0.2) is 14.2 Å². The fraction of sp³-hybridized carbons (Fsp3) is 0.353. The van der Waals surface area contributed by atoms with E-state index in [2.05, 4.69) is 9.97 Å². The minimum atomic E-state index is -3.09. The number of fused-ring (bicyclic) bond motifs is 1. The highest BCUT2D eigenvalue weighted by Gasteiger charge is 2.32. The van der Waals surface area contributed by atoms with Crippen LogP contribution in [0.15, 0.2) is 34.1 Å². The maximum atomic E-state index is 14.0. The van der Waals surface area contributed by atoms with Gasteiger partial charge in [0.15, 0.2) is 0 Å². The van der Waals surface area contributed by atoms with Crippen LogP contribution in [0, 0.1) is 0 Å². The molecule has 9 heteroatoms. The maximum absolute atomic E-state index is 14.0. The number of halogens is 2. The Morgan fingerprint density at radius 3 is 2.69 bits per heavy atom. The number of rotatable bonds is 5. The molecule has 0 aliphatic heterocycles. The standard InChI is InChI=1S/C17H18F2N4O3/c1-4-17(18,19)12-6-5-10(11(21-12)9-26-3)13-14(24)16(25)22(2)23-8-7-20-15(13)23/h5-8,20H,4,9H2,1-3H3. The van der Waals surface area contributed by atoms with Gasteiger partial charge in [0.2, 0.25) is 0 Å². The highest BCUT2D eigenvalue weighted by molar-refractivity contribution is 5.78. The lowest BCUT2D eigenvalue weighted by atomic mass is 10.0. The van der Waals surface area contributed by atoms with Crippen molar-refractivity contribution in [3.63, 3.8) is 0 Å². The molecular weight excluding hydrogens is 346 g/mol. The lowest BCUT2D eigenvalue weighted by molar-refractivity contribution is -0.0132. The van der Waals surface area contributed by atoms with Crippen LogP contribution >= 0.6 is 0 Å². The summed E-state index contributed by atoms with van der Waals surface area (Å²) in [5.41, 5.74) is -0.990. The number of nitrogens with one attached hydrogen (secondary N) is 1. The van der Waals surface area contributed by atoms with Gasteiger partial charge in [-0.1, -0.05) is 13.0 Å². The lowest BCUT2D eigenvalue weighted by Gasteiger charge is -2.17. The van der Waals surface area contributed by atoms with E-state index in [1.165, 1.54) is 42.4 Å². The number of nitrogens with zero attached hydrogens (tertiary/aromatic N) is 3. The molecule has 0 radical (unpaired) electrons. The second-order valence-electron chi connectivity index (χ2n) is 5.87. The van der Waals surface area contributed by atoms with Gasteiger partial charge in [-0.15, -0.1) is 0 Å². The van der Waals surface area contributed by atoms with Crippen molar-refractivity contribution in [1.82, 2.24) is 19.2 Å². The third kappa shape index (κ3) is 2.74. The quantitative estimate of drug-likeness (QED) is 0.703. The zero-order valence-electron chi connectivity index (χ0n) is 14.5. The molecule has 1 N–H and O–H groups in total. The van der Waals surface area contributed by atoms with Gasteiger partial charge < -0.3 is 9.72 Å². The Balaban J connectivity index is 2.35. The maximum Gasteiger partial charge on any atom is 0.313 e. The van der Waals surface area contributed by atoms with Crippen molar-refractivity contribution in [3.05, 3.63) is 56.5 Å². The zero-order valence-corrected chi connectivity index (χ0v) is 14.5. The minimum absolute atomic E-state index is 0.0732. The van der Waals surface area contributed by atoms with Crippen molar-refractivity contribution in [2.75, 3.05) is 7.11 Å². The SMILES string of the molecule is CCC(F)(F)c1ccc(-c2c(=O)c(=O)n(C)n3cc[nH]c23)c(COC)n1. The summed E-state index contributed by atoms with van der Waals surface area (Å²) in [6.07, 6.45) is 2.75. The molecule has 0 amide bonds. The van der Waals surface area contributed by atoms with E-state index in [0.29, 0.717) is 5.65 Å². The molecule has 7 nitrogen and oxygen atoms in total. The van der Waals surface area contributed by atoms with Crippen LogP contribution in [0.4, 0.5) is 8.78 Å². The van der Waals surface area contributed by atoms with Crippen LogP contribution in [-0.4, -0.2) is 26.3 Å². The van der Waals surface area contributed by atoms with Gasteiger partial charge in [0.25, 0.3) is 11.4 Å². The number of pyridine rings is 1. The van der Waals surface area contributed by atoms with Crippen molar-refractivity contribution in [2.24, 2.45) is 7.05 Å². The van der Waals surface area contributed by atoms with Crippen LogP contribution in [0.5, 0.6) is 0 Å². The van der Waals surface area contributed by atoms with Crippen molar-refractivity contribution in [1.29, 1.82) is 0 Å². The lowest BCUT2D eigenvalue weighted by Crippen LogP contribution is -2.37. The van der Waals surface area contributed by atoms with E-state index >= 15 is 0 Å². The molecule has 0 aliphatic rings. The molecule has 3 rings (SSSR count). The fourth-order valence-electron chi connectivity index (χ4n) is 2.83. The number of aromatic nitrogens is 4. The number of methoxy groups -OCH3 is 1. The first kappa shape index (κ1) is 18.0. The van der Waals surface area contributed by atoms with Crippen LogP contribution in [0.3, 0.4) is 0 Å². The van der Waals surface area contributed by atoms with Gasteiger partial charge in [0.05, 0.1) is 17.9 Å². The van der Waals surface area contributed by atoms with E-state index in [9.17, 15) is 18.4 Å². The number of hydrogen-bond donors (Lipinski definition) is 1. The second-order valence-corrected chi connectivity index (χ2v) is 5.87. The highest BCUT2D eigenvalue weighted by Crippen LogP contribution is 2.32. The average molecular weight is 364 g/mol. The van der Waals surface area contributed by atoms with Crippen molar-refractivity contribution in [2.45, 2.75) is 25.9 Å². The Morgan fingerprint density at radius 2 is 2.04 bits per heavy atom. The molecule has 0 saturated heterocycles. The van der Waals surface area contributed by atoms with Gasteiger partial charge in [-0.3, -0.25) is 9.59 Å². The highest BCUT2D eigenvalue weighted by atomic mass is 19.3. The summed E-state index contributed by atoms with van der Waals surface area (Å²) in [5, 5.41) is 0. The Labute approximate surface area is 146 Å². The van der Waals surface area contributed by atoms with Crippen molar-refractivity contribution in [3.8, 4) is 11.1 Å². The molecule has 3 aromatic rings. The van der Waals surface area contributed by atoms with Crippen LogP contribution in [0.1, 0.15) is 24.7 Å². The van der Waals surface area contributed by atoms with Gasteiger partial charge in [-0.2, -0.15) is 8.78 Å². The minimum Gasteiger partial charge on any atom is -0.378 e. The molecule has 0 fully saturated rings. The molecule has 0 spiro atoms. The smallest absolute Gasteiger partial charge is 0.313 e. The number of aryl methyl sites for hydroxylation is 1. The third-order valence-corrected chi connectivity index (χ3v) is 4.28. The number of aromatic amines is 1. The number of imidazole rings is 1. The van der Waals surface area contributed by atoms with Crippen molar-refractivity contribution < 1.29 is 13.5 Å². The van der Waals surface area contributed by atoms with E-state index < -0.39 is 29.0 Å². The molecule has 0 atom stereocenters. The van der Waals surface area contributed by atoms with E-state index in [4.69, 9.17) is 4.74 Å². The predicted molar refractivity (Wildman–Crippen MR) is 91.4 cm³/mol. The fourth-order valence-corrected chi connectivity index (χ4v) is 2.83. The number of alkyl halides is 2. The molecule has 0 bridgehead atoms. The summed E-state index contributed by atoms with van der Waals surface area (Å²) in [4.78, 5) is 31.8. The zero-order chi connectivity index (χ0) is 19.1. The molecule has 138 valence electrons. The van der Waals surface area contributed by atoms with Crippen LogP contribution < -0.4 is 11.0 Å². The predicted octanol–water partition coefficient (Wildman–Crippen LogP) is 2.04. The van der Waals surface area contributed by atoms with Crippen molar-refractivity contribution >= 4 is 5.65 Å². The van der Waals surface area contributed by atoms with Crippen LogP contribution in [0.25, 0.3) is 16.8 Å². The molecule has 3 aromatic heterocycles. The molecule has 26 heavy (non-hydrogen) atoms. The Bertz CT molecular complexity index is 1080. The van der Waals surface area contributed by atoms with E-state index in [1.807, 2.05) is 0 Å². The summed E-state index contributed by atoms with van der Waals surface area (Å²) in [7, 11) is 2.87. The van der Waals surface area contributed by atoms with E-state index in [0.717, 1.165) is 0 Å². The largest absolute Gasteiger partial charge is 0.378 e. The molecule has 0 saturated carbocycles. The summed E-state index contributed by atoms with van der Waals surface area (Å²) >= 11 is 0. The normalized spacial score (nSPS) is 12.0. The van der Waals surface area contributed by atoms with Gasteiger partial charge in [0.1, 0.15) is 11.3 Å². The molecule has 0 aromatic carbocycles. The number of hydrogen-bond acceptors (Lipinski definition) is 4. The van der Waals surface area contributed by atoms with Gasteiger partial charge in [-0.05, 0) is 6.07 Å². The van der Waals surface area contributed by atoms with Crippen LogP contribution in [-0.2, 0) is 24.3 Å². The summed E-state index contributed by atoms with van der Waals surface area (Å²) in [6, 6.07) is 2.56. The third-order valence-electron chi connectivity index (χ3n) is 4.28. The number of H-pyrrole nitrogens is 1. The summed E-state index contributed by atoms with van der Waals surface area (Å²) in [5.74, 6) is -3.09. The molecule has 3 heterocycles. The topological polar surface area (TPSA) is 81.4 Å². The Kier molecular flexibility index (Phi) is 4.49. The Hall–Kier alpha value is -2.81. The summed E-state index contributed by atoms with van der Waals surface area (Å²) < 4.78 is 35.7. The average Bonchev–Trinajstić information content (AvgIpc) is 3.10. The second kappa shape index (κ2) is 6.49. The first-order chi connectivity index (χ1) is 12.3. The monoisotopic (exact) mass is 364 g/mol. The van der Waals surface area contributed by atoms with E-state index in [-0.39, 0.29) is 23.4 Å². The van der Waals surface area contributed by atoms with Gasteiger partial charge >= 0.3 is 5.56 Å².